The van der Waals surface area contributed by atoms with Crippen LogP contribution >= 0.6 is 11.6 Å². The van der Waals surface area contributed by atoms with Crippen LogP contribution in [0.2, 0.25) is 5.02 Å². The number of aromatic nitrogens is 3. The lowest BCUT2D eigenvalue weighted by molar-refractivity contribution is 0.0313. The Morgan fingerprint density at radius 2 is 1.76 bits per heavy atom. The van der Waals surface area contributed by atoms with Crippen LogP contribution in [0.1, 0.15) is 50.3 Å². The molecule has 0 aliphatic carbocycles. The normalized spacial score (nSPS) is 11.9. The average Bonchev–Trinajstić information content (AvgIpc) is 3.01. The van der Waals surface area contributed by atoms with Gasteiger partial charge in [-0.2, -0.15) is 5.10 Å². The van der Waals surface area contributed by atoms with Crippen molar-refractivity contribution in [3.63, 3.8) is 0 Å². The predicted octanol–water partition coefficient (Wildman–Crippen LogP) is 4.58. The number of hydrogen-bond donors (Lipinski definition) is 0. The highest BCUT2D eigenvalue weighted by Crippen LogP contribution is 2.20. The summed E-state index contributed by atoms with van der Waals surface area (Å²) in [6.45, 7) is 9.19. The summed E-state index contributed by atoms with van der Waals surface area (Å²) in [5.74, 6) is -0.601. The number of nitrogens with zero attached hydrogens (tertiary/aromatic N) is 3. The first-order valence-corrected chi connectivity index (χ1v) is 9.58. The molecule has 0 aliphatic rings. The van der Waals surface area contributed by atoms with Crippen molar-refractivity contribution in [3.05, 3.63) is 75.2 Å². The SMILES string of the molecule is Cc1cc(C)n(-c2ccc(Cl)c(C(=O)OC(C)C(=O)c3ccc(C)c(C)c3)n2)n1. The highest BCUT2D eigenvalue weighted by Gasteiger charge is 2.24. The minimum absolute atomic E-state index is 0.0588. The number of esters is 1. The Hall–Kier alpha value is -2.99. The Kier molecular flexibility index (Phi) is 5.84. The molecule has 7 heteroatoms. The molecule has 0 saturated carbocycles. The highest BCUT2D eigenvalue weighted by molar-refractivity contribution is 6.33. The van der Waals surface area contributed by atoms with Crippen LogP contribution in [0.25, 0.3) is 5.82 Å². The third-order valence-electron chi connectivity index (χ3n) is 4.70. The molecule has 6 nitrogen and oxygen atoms in total. The molecule has 0 aliphatic heterocycles. The maximum atomic E-state index is 12.7. The quantitative estimate of drug-likeness (QED) is 0.453. The summed E-state index contributed by atoms with van der Waals surface area (Å²) in [6.07, 6.45) is -0.972. The molecular formula is C22H22ClN3O3. The van der Waals surface area contributed by atoms with Crippen LogP contribution in [0, 0.1) is 27.7 Å². The molecule has 0 amide bonds. The van der Waals surface area contributed by atoms with Crippen molar-refractivity contribution in [1.29, 1.82) is 0 Å². The van der Waals surface area contributed by atoms with E-state index < -0.39 is 12.1 Å². The fourth-order valence-corrected chi connectivity index (χ4v) is 3.14. The molecule has 0 fully saturated rings. The van der Waals surface area contributed by atoms with Crippen LogP contribution in [0.3, 0.4) is 0 Å². The van der Waals surface area contributed by atoms with Crippen molar-refractivity contribution in [3.8, 4) is 5.82 Å². The fourth-order valence-electron chi connectivity index (χ4n) is 2.95. The number of pyridine rings is 1. The average molecular weight is 412 g/mol. The summed E-state index contributed by atoms with van der Waals surface area (Å²) in [4.78, 5) is 29.6. The van der Waals surface area contributed by atoms with Crippen molar-refractivity contribution in [2.24, 2.45) is 0 Å². The number of aryl methyl sites for hydroxylation is 4. The molecule has 1 aromatic carbocycles. The van der Waals surface area contributed by atoms with E-state index in [2.05, 4.69) is 10.1 Å². The largest absolute Gasteiger partial charge is 0.449 e. The number of hydrogen-bond acceptors (Lipinski definition) is 5. The Morgan fingerprint density at radius 1 is 1.03 bits per heavy atom. The molecular weight excluding hydrogens is 390 g/mol. The second-order valence-electron chi connectivity index (χ2n) is 7.05. The molecule has 0 radical (unpaired) electrons. The molecule has 150 valence electrons. The Labute approximate surface area is 174 Å². The molecule has 2 heterocycles. The number of carbonyl (C=O) groups is 2. The molecule has 1 atom stereocenters. The first-order chi connectivity index (χ1) is 13.7. The second kappa shape index (κ2) is 8.17. The number of halogens is 1. The molecule has 2 aromatic heterocycles. The molecule has 3 rings (SSSR count). The fraction of sp³-hybridized carbons (Fsp3) is 0.273. The van der Waals surface area contributed by atoms with E-state index in [0.29, 0.717) is 11.4 Å². The third kappa shape index (κ3) is 4.38. The van der Waals surface area contributed by atoms with E-state index in [1.807, 2.05) is 39.8 Å². The van der Waals surface area contributed by atoms with Crippen LogP contribution in [0.15, 0.2) is 36.4 Å². The van der Waals surface area contributed by atoms with Gasteiger partial charge in [0, 0.05) is 11.3 Å². The molecule has 0 spiro atoms. The summed E-state index contributed by atoms with van der Waals surface area (Å²) < 4.78 is 6.98. The van der Waals surface area contributed by atoms with Gasteiger partial charge in [-0.05, 0) is 70.0 Å². The van der Waals surface area contributed by atoms with Gasteiger partial charge in [0.25, 0.3) is 0 Å². The molecule has 1 unspecified atom stereocenters. The van der Waals surface area contributed by atoms with E-state index in [-0.39, 0.29) is 16.5 Å². The zero-order valence-corrected chi connectivity index (χ0v) is 17.7. The van der Waals surface area contributed by atoms with Crippen LogP contribution in [-0.2, 0) is 4.74 Å². The molecule has 0 bridgehead atoms. The van der Waals surface area contributed by atoms with Gasteiger partial charge in [-0.15, -0.1) is 0 Å². The smallest absolute Gasteiger partial charge is 0.359 e. The number of ketones is 1. The lowest BCUT2D eigenvalue weighted by Crippen LogP contribution is -2.25. The topological polar surface area (TPSA) is 74.1 Å². The van der Waals surface area contributed by atoms with Gasteiger partial charge in [0.1, 0.15) is 0 Å². The Balaban J connectivity index is 1.82. The third-order valence-corrected chi connectivity index (χ3v) is 5.00. The predicted molar refractivity (Wildman–Crippen MR) is 111 cm³/mol. The van der Waals surface area contributed by atoms with Crippen molar-refractivity contribution in [2.75, 3.05) is 0 Å². The maximum absolute atomic E-state index is 12.7. The highest BCUT2D eigenvalue weighted by atomic mass is 35.5. The molecule has 0 saturated heterocycles. The van der Waals surface area contributed by atoms with Gasteiger partial charge >= 0.3 is 5.97 Å². The number of rotatable bonds is 5. The van der Waals surface area contributed by atoms with Gasteiger partial charge in [0.05, 0.1) is 10.7 Å². The van der Waals surface area contributed by atoms with E-state index in [1.54, 1.807) is 28.9 Å². The zero-order chi connectivity index (χ0) is 21.3. The van der Waals surface area contributed by atoms with Gasteiger partial charge in [0.15, 0.2) is 17.6 Å². The van der Waals surface area contributed by atoms with E-state index in [9.17, 15) is 9.59 Å². The lowest BCUT2D eigenvalue weighted by Gasteiger charge is -2.14. The lowest BCUT2D eigenvalue weighted by atomic mass is 10.0. The second-order valence-corrected chi connectivity index (χ2v) is 7.46. The van der Waals surface area contributed by atoms with Crippen LogP contribution < -0.4 is 0 Å². The van der Waals surface area contributed by atoms with E-state index in [4.69, 9.17) is 16.3 Å². The number of carbonyl (C=O) groups excluding carboxylic acids is 2. The number of ether oxygens (including phenoxy) is 1. The molecule has 0 N–H and O–H groups in total. The Morgan fingerprint density at radius 3 is 2.38 bits per heavy atom. The summed E-state index contributed by atoms with van der Waals surface area (Å²) in [5.41, 5.74) is 4.21. The standard InChI is InChI=1S/C22H22ClN3O3/c1-12-6-7-17(10-13(12)2)21(27)16(5)29-22(28)20-18(23)8-9-19(24-20)26-15(4)11-14(3)25-26/h6-11,16H,1-5H3. The summed E-state index contributed by atoms with van der Waals surface area (Å²) >= 11 is 6.16. The van der Waals surface area contributed by atoms with Crippen molar-refractivity contribution in [2.45, 2.75) is 40.7 Å². The van der Waals surface area contributed by atoms with E-state index in [0.717, 1.165) is 22.5 Å². The monoisotopic (exact) mass is 411 g/mol. The Bertz CT molecular complexity index is 1100. The van der Waals surface area contributed by atoms with Crippen LogP contribution in [-0.4, -0.2) is 32.6 Å². The van der Waals surface area contributed by atoms with Gasteiger partial charge in [-0.25, -0.2) is 14.5 Å². The molecule has 29 heavy (non-hydrogen) atoms. The summed E-state index contributed by atoms with van der Waals surface area (Å²) in [5, 5.41) is 4.50. The number of Topliss-reactive ketones (excluding diaryl/α,β-unsaturated/α-hetero) is 1. The van der Waals surface area contributed by atoms with E-state index in [1.165, 1.54) is 6.92 Å². The van der Waals surface area contributed by atoms with Crippen LogP contribution in [0.5, 0.6) is 0 Å². The first-order valence-electron chi connectivity index (χ1n) is 9.20. The van der Waals surface area contributed by atoms with Crippen molar-refractivity contribution < 1.29 is 14.3 Å². The maximum Gasteiger partial charge on any atom is 0.359 e. The van der Waals surface area contributed by atoms with Crippen molar-refractivity contribution >= 4 is 23.4 Å². The minimum atomic E-state index is -0.972. The molecule has 3 aromatic rings. The summed E-state index contributed by atoms with van der Waals surface area (Å²) in [6, 6.07) is 10.5. The van der Waals surface area contributed by atoms with Gasteiger partial charge in [-0.1, -0.05) is 23.7 Å². The summed E-state index contributed by atoms with van der Waals surface area (Å²) in [7, 11) is 0. The number of benzene rings is 1. The first kappa shape index (κ1) is 20.7. The van der Waals surface area contributed by atoms with Crippen molar-refractivity contribution in [1.82, 2.24) is 14.8 Å². The zero-order valence-electron chi connectivity index (χ0n) is 17.0. The van der Waals surface area contributed by atoms with Gasteiger partial charge < -0.3 is 4.74 Å². The minimum Gasteiger partial charge on any atom is -0.449 e. The van der Waals surface area contributed by atoms with Gasteiger partial charge in [0.2, 0.25) is 5.78 Å². The van der Waals surface area contributed by atoms with E-state index >= 15 is 0 Å². The van der Waals surface area contributed by atoms with Crippen LogP contribution in [0.4, 0.5) is 0 Å². The van der Waals surface area contributed by atoms with Gasteiger partial charge in [-0.3, -0.25) is 4.79 Å².